The number of carbonyl (C=O) groups is 1. The molecule has 0 radical (unpaired) electrons. The van der Waals surface area contributed by atoms with Crippen LogP contribution in [0.5, 0.6) is 17.2 Å². The predicted octanol–water partition coefficient (Wildman–Crippen LogP) is 3.67. The lowest BCUT2D eigenvalue weighted by molar-refractivity contribution is 0.102. The number of rotatable bonds is 7. The summed E-state index contributed by atoms with van der Waals surface area (Å²) in [5.41, 5.74) is 2.73. The van der Waals surface area contributed by atoms with Crippen LogP contribution in [0.15, 0.2) is 36.4 Å². The molecule has 4 aromatic rings. The number of para-hydroxylation sites is 1. The lowest BCUT2D eigenvalue weighted by Gasteiger charge is -2.13. The Morgan fingerprint density at radius 2 is 1.74 bits per heavy atom. The molecule has 0 saturated carbocycles. The number of amides is 1. The first kappa shape index (κ1) is 20.4. The maximum Gasteiger partial charge on any atom is 0.258 e. The molecule has 9 nitrogen and oxygen atoms in total. The molecular formula is C22H23N5O4. The van der Waals surface area contributed by atoms with Crippen LogP contribution in [0.1, 0.15) is 23.7 Å². The number of methoxy groups -OCH3 is 3. The minimum Gasteiger partial charge on any atom is -0.493 e. The summed E-state index contributed by atoms with van der Waals surface area (Å²) in [5.74, 6) is 0.865. The Morgan fingerprint density at radius 1 is 1.03 bits per heavy atom. The molecular weight excluding hydrogens is 398 g/mol. The molecule has 1 N–H and O–H groups in total. The Hall–Kier alpha value is -3.88. The maximum atomic E-state index is 12.9. The summed E-state index contributed by atoms with van der Waals surface area (Å²) in [4.78, 5) is 17.5. The molecule has 160 valence electrons. The predicted molar refractivity (Wildman–Crippen MR) is 117 cm³/mol. The molecule has 0 fully saturated rings. The summed E-state index contributed by atoms with van der Waals surface area (Å²) in [5, 5.41) is 12.2. The van der Waals surface area contributed by atoms with Crippen molar-refractivity contribution in [2.24, 2.45) is 0 Å². The van der Waals surface area contributed by atoms with Crippen molar-refractivity contribution in [1.29, 1.82) is 0 Å². The molecule has 2 heterocycles. The van der Waals surface area contributed by atoms with Gasteiger partial charge in [-0.25, -0.2) is 0 Å². The zero-order chi connectivity index (χ0) is 22.0. The number of aryl methyl sites for hydroxylation is 1. The van der Waals surface area contributed by atoms with Gasteiger partial charge in [0, 0.05) is 17.5 Å². The van der Waals surface area contributed by atoms with Gasteiger partial charge in [0.1, 0.15) is 5.52 Å². The largest absolute Gasteiger partial charge is 0.493 e. The zero-order valence-electron chi connectivity index (χ0n) is 17.8. The molecule has 0 spiro atoms. The number of fused-ring (bicyclic) bond motifs is 3. The lowest BCUT2D eigenvalue weighted by Crippen LogP contribution is -2.15. The van der Waals surface area contributed by atoms with E-state index in [4.69, 9.17) is 14.2 Å². The molecule has 2 aromatic heterocycles. The normalized spacial score (nSPS) is 11.0. The Labute approximate surface area is 179 Å². The van der Waals surface area contributed by atoms with E-state index in [-0.39, 0.29) is 5.95 Å². The number of nitrogens with one attached hydrogen (secondary N) is 1. The first-order valence-electron chi connectivity index (χ1n) is 9.84. The summed E-state index contributed by atoms with van der Waals surface area (Å²) in [6.45, 7) is 2.88. The van der Waals surface area contributed by atoms with Crippen LogP contribution in [-0.4, -0.2) is 47.0 Å². The van der Waals surface area contributed by atoms with Gasteiger partial charge in [-0.05, 0) is 24.6 Å². The van der Waals surface area contributed by atoms with E-state index in [1.807, 2.05) is 24.3 Å². The van der Waals surface area contributed by atoms with Gasteiger partial charge in [-0.15, -0.1) is 10.2 Å². The second-order valence-electron chi connectivity index (χ2n) is 6.84. The number of ether oxygens (including phenoxy) is 3. The monoisotopic (exact) mass is 421 g/mol. The molecule has 0 saturated heterocycles. The number of benzene rings is 2. The van der Waals surface area contributed by atoms with E-state index in [1.165, 1.54) is 21.3 Å². The molecule has 0 aliphatic carbocycles. The van der Waals surface area contributed by atoms with Crippen LogP contribution < -0.4 is 19.5 Å². The highest BCUT2D eigenvalue weighted by atomic mass is 16.5. The second-order valence-corrected chi connectivity index (χ2v) is 6.84. The van der Waals surface area contributed by atoms with Crippen LogP contribution in [0.2, 0.25) is 0 Å². The van der Waals surface area contributed by atoms with Gasteiger partial charge >= 0.3 is 0 Å². The molecule has 0 unspecified atom stereocenters. The average molecular weight is 421 g/mol. The maximum absolute atomic E-state index is 12.9. The second kappa shape index (κ2) is 8.47. The van der Waals surface area contributed by atoms with Gasteiger partial charge in [0.2, 0.25) is 5.75 Å². The summed E-state index contributed by atoms with van der Waals surface area (Å²) >= 11 is 0. The minimum absolute atomic E-state index is 0.117. The molecule has 2 aromatic carbocycles. The van der Waals surface area contributed by atoms with Gasteiger partial charge in [0.15, 0.2) is 17.1 Å². The number of anilines is 1. The first-order valence-corrected chi connectivity index (χ1v) is 9.84. The Bertz CT molecular complexity index is 1240. The fraction of sp³-hybridized carbons (Fsp3) is 0.273. The van der Waals surface area contributed by atoms with E-state index < -0.39 is 5.91 Å². The third-order valence-electron chi connectivity index (χ3n) is 4.97. The van der Waals surface area contributed by atoms with Gasteiger partial charge in [0.25, 0.3) is 11.9 Å². The van der Waals surface area contributed by atoms with E-state index in [1.54, 1.807) is 12.1 Å². The smallest absolute Gasteiger partial charge is 0.258 e. The van der Waals surface area contributed by atoms with Gasteiger partial charge < -0.3 is 18.8 Å². The van der Waals surface area contributed by atoms with Crippen molar-refractivity contribution in [2.75, 3.05) is 26.6 Å². The molecule has 0 aliphatic rings. The summed E-state index contributed by atoms with van der Waals surface area (Å²) < 4.78 is 18.0. The van der Waals surface area contributed by atoms with Crippen LogP contribution in [0.4, 0.5) is 5.95 Å². The average Bonchev–Trinajstić information content (AvgIpc) is 3.11. The van der Waals surface area contributed by atoms with E-state index in [2.05, 4.69) is 32.0 Å². The van der Waals surface area contributed by atoms with Gasteiger partial charge in [-0.1, -0.05) is 25.1 Å². The molecule has 0 atom stereocenters. The Balaban J connectivity index is 1.73. The number of aromatic nitrogens is 4. The van der Waals surface area contributed by atoms with E-state index in [9.17, 15) is 4.79 Å². The fourth-order valence-corrected chi connectivity index (χ4v) is 3.59. The minimum atomic E-state index is -0.418. The van der Waals surface area contributed by atoms with Crippen molar-refractivity contribution in [3.63, 3.8) is 0 Å². The number of hydrogen-bond acceptors (Lipinski definition) is 7. The van der Waals surface area contributed by atoms with Crippen molar-refractivity contribution in [1.82, 2.24) is 19.7 Å². The fourth-order valence-electron chi connectivity index (χ4n) is 3.59. The van der Waals surface area contributed by atoms with E-state index in [0.717, 1.165) is 23.9 Å². The van der Waals surface area contributed by atoms with E-state index in [0.29, 0.717) is 34.0 Å². The van der Waals surface area contributed by atoms with Gasteiger partial charge in [0.05, 0.1) is 26.8 Å². The van der Waals surface area contributed by atoms with Crippen LogP contribution in [0, 0.1) is 0 Å². The Kier molecular flexibility index (Phi) is 5.57. The highest BCUT2D eigenvalue weighted by Crippen LogP contribution is 2.38. The van der Waals surface area contributed by atoms with Crippen LogP contribution in [0.3, 0.4) is 0 Å². The van der Waals surface area contributed by atoms with E-state index >= 15 is 0 Å². The molecule has 1 amide bonds. The van der Waals surface area contributed by atoms with Crippen LogP contribution in [0.25, 0.3) is 22.1 Å². The quantitative estimate of drug-likeness (QED) is 0.486. The van der Waals surface area contributed by atoms with Crippen molar-refractivity contribution in [3.05, 3.63) is 42.0 Å². The highest BCUT2D eigenvalue weighted by Gasteiger charge is 2.19. The Morgan fingerprint density at radius 3 is 2.39 bits per heavy atom. The number of carbonyl (C=O) groups excluding carboxylic acids is 1. The summed E-state index contributed by atoms with van der Waals surface area (Å²) in [7, 11) is 4.49. The SMILES string of the molecule is CCCn1c2ccccc2c2nnc(NC(=O)c3cc(OC)c(OC)c(OC)c3)nc21. The topological polar surface area (TPSA) is 100 Å². The van der Waals surface area contributed by atoms with Crippen LogP contribution >= 0.6 is 0 Å². The third-order valence-corrected chi connectivity index (χ3v) is 4.97. The third kappa shape index (κ3) is 3.58. The highest BCUT2D eigenvalue weighted by molar-refractivity contribution is 6.06. The molecule has 0 bridgehead atoms. The van der Waals surface area contributed by atoms with Crippen molar-refractivity contribution >= 4 is 33.9 Å². The zero-order valence-corrected chi connectivity index (χ0v) is 17.8. The summed E-state index contributed by atoms with van der Waals surface area (Å²) in [6, 6.07) is 11.1. The lowest BCUT2D eigenvalue weighted by atomic mass is 10.1. The van der Waals surface area contributed by atoms with Crippen LogP contribution in [-0.2, 0) is 6.54 Å². The molecule has 0 aliphatic heterocycles. The van der Waals surface area contributed by atoms with Crippen molar-refractivity contribution < 1.29 is 19.0 Å². The van der Waals surface area contributed by atoms with Gasteiger partial charge in [-0.3, -0.25) is 10.1 Å². The van der Waals surface area contributed by atoms with Crippen molar-refractivity contribution in [3.8, 4) is 17.2 Å². The molecule has 4 rings (SSSR count). The van der Waals surface area contributed by atoms with Gasteiger partial charge in [-0.2, -0.15) is 4.98 Å². The molecule has 31 heavy (non-hydrogen) atoms. The number of nitrogens with zero attached hydrogens (tertiary/aromatic N) is 4. The molecule has 9 heteroatoms. The summed E-state index contributed by atoms with van der Waals surface area (Å²) in [6.07, 6.45) is 0.935. The standard InChI is InChI=1S/C22H23N5O4/c1-5-10-27-15-9-7-6-8-14(15)18-20(27)23-22(26-25-18)24-21(28)13-11-16(29-2)19(31-4)17(12-13)30-3/h6-9,11-12H,5,10H2,1-4H3,(H,23,24,26,28). The first-order chi connectivity index (χ1) is 15.1. The van der Waals surface area contributed by atoms with Crippen molar-refractivity contribution in [2.45, 2.75) is 19.9 Å². The number of hydrogen-bond donors (Lipinski definition) is 1.